The zero-order valence-corrected chi connectivity index (χ0v) is 8.14. The molecule has 0 spiro atoms. The van der Waals surface area contributed by atoms with E-state index in [2.05, 4.69) is 0 Å². The van der Waals surface area contributed by atoms with E-state index in [0.29, 0.717) is 5.56 Å². The van der Waals surface area contributed by atoms with Gasteiger partial charge in [0, 0.05) is 5.56 Å². The van der Waals surface area contributed by atoms with Crippen molar-refractivity contribution in [2.24, 2.45) is 0 Å². The molecule has 0 aliphatic carbocycles. The Morgan fingerprint density at radius 1 is 1.33 bits per heavy atom. The van der Waals surface area contributed by atoms with Crippen LogP contribution in [0.5, 0.6) is 0 Å². The third-order valence-corrected chi connectivity index (χ3v) is 1.71. The fraction of sp³-hybridized carbons (Fsp3) is 0.364. The topological polar surface area (TPSA) is 17.1 Å². The molecule has 1 aromatic rings. The average Bonchev–Trinajstić information content (AvgIpc) is 2.13. The molecular weight excluding hydrogens is 148 g/mol. The second kappa shape index (κ2) is 5.53. The van der Waals surface area contributed by atoms with Crippen LogP contribution in [-0.4, -0.2) is 6.26 Å². The Bertz CT molecular complexity index is 292. The Hall–Kier alpha value is -1.11. The van der Waals surface area contributed by atoms with Crippen molar-refractivity contribution >= 4 is 6.26 Å². The SMILES string of the molecule is CC.[3H]C(=O)c1cccc(C)c1C. The van der Waals surface area contributed by atoms with E-state index in [1.54, 1.807) is 12.1 Å². The summed E-state index contributed by atoms with van der Waals surface area (Å²) in [5.74, 6) is 0. The summed E-state index contributed by atoms with van der Waals surface area (Å²) in [7, 11) is 0. The minimum absolute atomic E-state index is 0.505. The van der Waals surface area contributed by atoms with E-state index < -0.39 is 6.26 Å². The number of benzene rings is 1. The second-order valence-corrected chi connectivity index (χ2v) is 2.35. The Morgan fingerprint density at radius 2 is 1.92 bits per heavy atom. The van der Waals surface area contributed by atoms with Crippen molar-refractivity contribution < 1.29 is 6.17 Å². The highest BCUT2D eigenvalue weighted by Crippen LogP contribution is 2.09. The lowest BCUT2D eigenvalue weighted by Gasteiger charge is -1.99. The molecule has 66 valence electrons. The predicted octanol–water partition coefficient (Wildman–Crippen LogP) is 3.14. The summed E-state index contributed by atoms with van der Waals surface area (Å²) >= 11 is 0. The number of hydrogen-bond donors (Lipinski definition) is 0. The van der Waals surface area contributed by atoms with Crippen LogP contribution in [0, 0.1) is 13.8 Å². The lowest BCUT2D eigenvalue weighted by Crippen LogP contribution is -1.87. The normalized spacial score (nSPS) is 9.50. The molecule has 0 saturated carbocycles. The highest BCUT2D eigenvalue weighted by molar-refractivity contribution is 5.77. The van der Waals surface area contributed by atoms with Crippen molar-refractivity contribution in [2.75, 3.05) is 0 Å². The number of carbonyl (C=O) groups is 1. The highest BCUT2D eigenvalue weighted by atomic mass is 16.1. The molecule has 0 heterocycles. The van der Waals surface area contributed by atoms with E-state index in [9.17, 15) is 4.79 Å². The van der Waals surface area contributed by atoms with E-state index in [0.717, 1.165) is 11.1 Å². The van der Waals surface area contributed by atoms with E-state index >= 15 is 0 Å². The summed E-state index contributed by atoms with van der Waals surface area (Å²) in [5, 5.41) is 0. The summed E-state index contributed by atoms with van der Waals surface area (Å²) in [5.41, 5.74) is 2.47. The van der Waals surface area contributed by atoms with Crippen molar-refractivity contribution in [3.63, 3.8) is 0 Å². The summed E-state index contributed by atoms with van der Waals surface area (Å²) in [6.07, 6.45) is -0.605. The van der Waals surface area contributed by atoms with Crippen molar-refractivity contribution in [3.05, 3.63) is 34.9 Å². The smallest absolute Gasteiger partial charge is 0.150 e. The number of aryl methyl sites for hydroxylation is 1. The first kappa shape index (κ1) is 8.98. The quantitative estimate of drug-likeness (QED) is 0.586. The van der Waals surface area contributed by atoms with E-state index in [1.807, 2.05) is 33.8 Å². The van der Waals surface area contributed by atoms with Gasteiger partial charge in [0.25, 0.3) is 0 Å². The van der Waals surface area contributed by atoms with Gasteiger partial charge >= 0.3 is 0 Å². The van der Waals surface area contributed by atoms with Crippen LogP contribution in [0.25, 0.3) is 0 Å². The van der Waals surface area contributed by atoms with Gasteiger partial charge < -0.3 is 0 Å². The van der Waals surface area contributed by atoms with E-state index in [4.69, 9.17) is 1.37 Å². The van der Waals surface area contributed by atoms with Gasteiger partial charge in [0.05, 0.1) is 0 Å². The predicted molar refractivity (Wildman–Crippen MR) is 52.7 cm³/mol. The molecule has 0 amide bonds. The molecule has 1 nitrogen and oxygen atoms in total. The van der Waals surface area contributed by atoms with Crippen LogP contribution in [-0.2, 0) is 0 Å². The van der Waals surface area contributed by atoms with E-state index in [1.165, 1.54) is 0 Å². The maximum Gasteiger partial charge on any atom is 0.150 e. The van der Waals surface area contributed by atoms with Gasteiger partial charge in [-0.15, -0.1) is 0 Å². The van der Waals surface area contributed by atoms with Gasteiger partial charge in [-0.05, 0) is 25.0 Å². The molecule has 0 radical (unpaired) electrons. The zero-order valence-electron chi connectivity index (χ0n) is 9.14. The van der Waals surface area contributed by atoms with Gasteiger partial charge in [-0.1, -0.05) is 32.0 Å². The van der Waals surface area contributed by atoms with Crippen molar-refractivity contribution in [3.8, 4) is 0 Å². The average molecular weight is 166 g/mol. The standard InChI is InChI=1S/C9H10O.C2H6/c1-7-4-3-5-9(6-10)8(7)2;1-2/h3-6H,1-2H3;1-2H3/i6T;. The van der Waals surface area contributed by atoms with Gasteiger partial charge in [0.1, 0.15) is 7.63 Å². The van der Waals surface area contributed by atoms with Crippen LogP contribution in [0.4, 0.5) is 0 Å². The molecule has 0 unspecified atom stereocenters. The summed E-state index contributed by atoms with van der Waals surface area (Å²) < 4.78 is 6.92. The molecule has 0 atom stereocenters. The van der Waals surface area contributed by atoms with Gasteiger partial charge in [0.15, 0.2) is 0 Å². The van der Waals surface area contributed by atoms with Crippen molar-refractivity contribution in [1.82, 2.24) is 0 Å². The van der Waals surface area contributed by atoms with Gasteiger partial charge in [-0.3, -0.25) is 4.79 Å². The van der Waals surface area contributed by atoms with Crippen LogP contribution in [0.15, 0.2) is 18.2 Å². The fourth-order valence-corrected chi connectivity index (χ4v) is 0.862. The number of rotatable bonds is 1. The third kappa shape index (κ3) is 2.50. The second-order valence-electron chi connectivity index (χ2n) is 2.35. The Labute approximate surface area is 75.8 Å². The van der Waals surface area contributed by atoms with Gasteiger partial charge in [0.2, 0.25) is 0 Å². The first-order valence-corrected chi connectivity index (χ1v) is 4.20. The largest absolute Gasteiger partial charge is 0.298 e. The molecule has 0 saturated heterocycles. The molecule has 0 aliphatic heterocycles. The maximum absolute atomic E-state index is 10.7. The maximum atomic E-state index is 10.7. The minimum Gasteiger partial charge on any atom is -0.298 e. The lowest BCUT2D eigenvalue weighted by molar-refractivity contribution is 0.112. The minimum atomic E-state index is -0.605. The molecular formula is C11H16O. The molecule has 0 N–H and O–H groups in total. The molecule has 1 heteroatoms. The Morgan fingerprint density at radius 3 is 2.33 bits per heavy atom. The van der Waals surface area contributed by atoms with Crippen molar-refractivity contribution in [2.45, 2.75) is 27.7 Å². The summed E-state index contributed by atoms with van der Waals surface area (Å²) in [4.78, 5) is 10.7. The van der Waals surface area contributed by atoms with Crippen LogP contribution in [0.1, 0.15) is 36.7 Å². The monoisotopic (exact) mass is 166 g/mol. The lowest BCUT2D eigenvalue weighted by atomic mass is 10.1. The van der Waals surface area contributed by atoms with Crippen LogP contribution < -0.4 is 0 Å². The zero-order chi connectivity index (χ0) is 10.4. The molecule has 0 bridgehead atoms. The molecule has 0 fully saturated rings. The van der Waals surface area contributed by atoms with E-state index in [-0.39, 0.29) is 0 Å². The molecule has 12 heavy (non-hydrogen) atoms. The van der Waals surface area contributed by atoms with Crippen LogP contribution in [0.3, 0.4) is 0 Å². The first-order chi connectivity index (χ1) is 6.13. The van der Waals surface area contributed by atoms with Crippen molar-refractivity contribution in [1.29, 1.82) is 0 Å². The number of aldehydes is 1. The first-order valence-electron chi connectivity index (χ1n) is 4.70. The van der Waals surface area contributed by atoms with Gasteiger partial charge in [-0.25, -0.2) is 0 Å². The number of carbonyl (C=O) groups excluding carboxylic acids is 1. The molecule has 0 aliphatic rings. The molecule has 1 aromatic carbocycles. The summed E-state index contributed by atoms with van der Waals surface area (Å²) in [6, 6.07) is 5.41. The Balaban J connectivity index is 0.000000671. The van der Waals surface area contributed by atoms with Crippen LogP contribution in [0.2, 0.25) is 0 Å². The third-order valence-electron chi connectivity index (χ3n) is 1.71. The fourth-order valence-electron chi connectivity index (χ4n) is 0.862. The van der Waals surface area contributed by atoms with Gasteiger partial charge in [-0.2, -0.15) is 0 Å². The summed E-state index contributed by atoms with van der Waals surface area (Å²) in [6.45, 7) is 7.79. The Kier molecular flexibility index (Phi) is 4.14. The van der Waals surface area contributed by atoms with Crippen LogP contribution >= 0.6 is 0 Å². The number of hydrogen-bond acceptors (Lipinski definition) is 1. The highest BCUT2D eigenvalue weighted by Gasteiger charge is 1.96. The molecule has 0 aromatic heterocycles. The molecule has 1 rings (SSSR count).